The predicted molar refractivity (Wildman–Crippen MR) is 206 cm³/mol. The van der Waals surface area contributed by atoms with E-state index in [1.807, 2.05) is 85.5 Å². The molecule has 12 nitrogen and oxygen atoms in total. The molecule has 2 aromatic heterocycles. The molecule has 0 spiro atoms. The number of nitrogens with zero attached hydrogens (tertiary/aromatic N) is 5. The molecule has 266 valence electrons. The molecule has 0 saturated heterocycles. The van der Waals surface area contributed by atoms with Crippen molar-refractivity contribution in [2.75, 3.05) is 27.4 Å². The Morgan fingerprint density at radius 3 is 2.33 bits per heavy atom. The lowest BCUT2D eigenvalue weighted by atomic mass is 9.91. The summed E-state index contributed by atoms with van der Waals surface area (Å²) >= 11 is 1.71. The van der Waals surface area contributed by atoms with Crippen LogP contribution in [-0.2, 0) is 16.1 Å². The molecule has 4 N–H and O–H groups in total. The van der Waals surface area contributed by atoms with Crippen LogP contribution in [0.15, 0.2) is 77.8 Å². The smallest absolute Gasteiger partial charge is 0.319 e. The second-order valence-corrected chi connectivity index (χ2v) is 14.3. The number of para-hydroxylation sites is 1. The van der Waals surface area contributed by atoms with Crippen LogP contribution in [0.3, 0.4) is 0 Å². The van der Waals surface area contributed by atoms with Crippen LogP contribution < -0.4 is 26.2 Å². The van der Waals surface area contributed by atoms with Crippen LogP contribution in [0, 0.1) is 20.8 Å². The van der Waals surface area contributed by atoms with Gasteiger partial charge >= 0.3 is 6.03 Å². The SMILES string of the molecule is CCC(=O)N1c2ccccc2[C@H](Nc2ccc(NC(=O)CNC(=O)Nc3ccc(C4=NCc5nnc(C)n5-c5sc(C)c(C)c54)cc3)cc2)C[C@@H]1C. The van der Waals surface area contributed by atoms with Gasteiger partial charge in [-0.25, -0.2) is 4.79 Å². The maximum absolute atomic E-state index is 12.7. The molecule has 0 unspecified atom stereocenters. The minimum atomic E-state index is -0.490. The Labute approximate surface area is 306 Å². The van der Waals surface area contributed by atoms with Crippen molar-refractivity contribution >= 4 is 57.6 Å². The number of benzene rings is 3. The van der Waals surface area contributed by atoms with E-state index in [9.17, 15) is 14.4 Å². The third-order valence-electron chi connectivity index (χ3n) is 9.57. The van der Waals surface area contributed by atoms with E-state index in [-0.39, 0.29) is 30.4 Å². The molecule has 4 amide bonds. The van der Waals surface area contributed by atoms with Gasteiger partial charge in [-0.3, -0.25) is 19.1 Å². The molecule has 7 rings (SSSR count). The number of aliphatic imine (C=N–C) groups is 1. The van der Waals surface area contributed by atoms with Crippen molar-refractivity contribution in [1.29, 1.82) is 0 Å². The van der Waals surface area contributed by atoms with Crippen LogP contribution in [-0.4, -0.2) is 50.9 Å². The zero-order valence-electron chi connectivity index (χ0n) is 29.8. The first-order valence-electron chi connectivity index (χ1n) is 17.4. The maximum atomic E-state index is 12.7. The first kappa shape index (κ1) is 34.6. The number of hydrogen-bond acceptors (Lipinski definition) is 8. The maximum Gasteiger partial charge on any atom is 0.319 e. The molecule has 13 heteroatoms. The van der Waals surface area contributed by atoms with Gasteiger partial charge in [-0.15, -0.1) is 21.5 Å². The van der Waals surface area contributed by atoms with E-state index < -0.39 is 6.03 Å². The first-order valence-corrected chi connectivity index (χ1v) is 18.2. The number of carbonyl (C=O) groups excluding carboxylic acids is 3. The summed E-state index contributed by atoms with van der Waals surface area (Å²) in [6.45, 7) is 10.3. The average Bonchev–Trinajstić information content (AvgIpc) is 3.59. The largest absolute Gasteiger partial charge is 0.378 e. The van der Waals surface area contributed by atoms with Crippen molar-refractivity contribution in [2.45, 2.75) is 66.1 Å². The molecule has 0 bridgehead atoms. The fourth-order valence-corrected chi connectivity index (χ4v) is 8.11. The van der Waals surface area contributed by atoms with E-state index in [0.29, 0.717) is 24.3 Å². The van der Waals surface area contributed by atoms with Crippen LogP contribution in [0.2, 0.25) is 0 Å². The molecule has 2 aliphatic heterocycles. The van der Waals surface area contributed by atoms with Gasteiger partial charge < -0.3 is 26.2 Å². The Morgan fingerprint density at radius 2 is 1.58 bits per heavy atom. The Bertz CT molecular complexity index is 2190. The van der Waals surface area contributed by atoms with Crippen molar-refractivity contribution in [3.63, 3.8) is 0 Å². The minimum Gasteiger partial charge on any atom is -0.378 e. The summed E-state index contributed by atoms with van der Waals surface area (Å²) in [5, 5.41) is 21.5. The van der Waals surface area contributed by atoms with Gasteiger partial charge in [0.05, 0.1) is 18.3 Å². The zero-order valence-corrected chi connectivity index (χ0v) is 30.6. The van der Waals surface area contributed by atoms with Gasteiger partial charge in [0.1, 0.15) is 17.4 Å². The average molecular weight is 716 g/mol. The standard InChI is InChI=1S/C39H41N9O3S/c1-6-35(50)47-22(2)19-31(30-9-7-8-10-32(30)47)42-27-15-17-28(18-16-27)43-34(49)21-41-39(51)44-29-13-11-26(12-14-29)37-36-23(3)24(4)52-38(36)48-25(5)45-46-33(48)20-40-37/h7-18,22,31,42H,6,19-21H2,1-5H3,(H,43,49)(H2,41,44,51)/t22-,31+/m0/s1. The third-order valence-corrected chi connectivity index (χ3v) is 10.8. The van der Waals surface area contributed by atoms with Crippen molar-refractivity contribution in [3.8, 4) is 5.00 Å². The lowest BCUT2D eigenvalue weighted by Gasteiger charge is -2.40. The number of hydrogen-bond donors (Lipinski definition) is 4. The number of amides is 4. The number of fused-ring (bicyclic) bond motifs is 4. The highest BCUT2D eigenvalue weighted by Gasteiger charge is 2.33. The summed E-state index contributed by atoms with van der Waals surface area (Å²) in [5.74, 6) is 1.40. The van der Waals surface area contributed by atoms with E-state index in [1.165, 1.54) is 10.4 Å². The third kappa shape index (κ3) is 6.79. The van der Waals surface area contributed by atoms with Crippen LogP contribution in [0.1, 0.15) is 71.5 Å². The van der Waals surface area contributed by atoms with Crippen LogP contribution in [0.25, 0.3) is 5.00 Å². The number of anilines is 4. The molecule has 2 atom stereocenters. The molecular formula is C39H41N9O3S. The van der Waals surface area contributed by atoms with Gasteiger partial charge in [0.2, 0.25) is 11.8 Å². The second kappa shape index (κ2) is 14.4. The van der Waals surface area contributed by atoms with Gasteiger partial charge in [0.25, 0.3) is 0 Å². The number of carbonyl (C=O) groups is 3. The Morgan fingerprint density at radius 1 is 0.885 bits per heavy atom. The summed E-state index contributed by atoms with van der Waals surface area (Å²) in [5.41, 5.74) is 8.17. The highest BCUT2D eigenvalue weighted by atomic mass is 32.1. The Kier molecular flexibility index (Phi) is 9.61. The number of rotatable bonds is 8. The quantitative estimate of drug-likeness (QED) is 0.135. The van der Waals surface area contributed by atoms with Crippen molar-refractivity contribution < 1.29 is 14.4 Å². The number of aryl methyl sites for hydroxylation is 2. The molecule has 3 aromatic carbocycles. The predicted octanol–water partition coefficient (Wildman–Crippen LogP) is 7.05. The summed E-state index contributed by atoms with van der Waals surface area (Å²) in [7, 11) is 0. The van der Waals surface area contributed by atoms with Gasteiger partial charge in [-0.2, -0.15) is 0 Å². The molecular weight excluding hydrogens is 675 g/mol. The highest BCUT2D eigenvalue weighted by molar-refractivity contribution is 7.15. The van der Waals surface area contributed by atoms with Gasteiger partial charge in [0, 0.05) is 51.2 Å². The van der Waals surface area contributed by atoms with Gasteiger partial charge in [-0.1, -0.05) is 37.3 Å². The second-order valence-electron chi connectivity index (χ2n) is 13.1. The van der Waals surface area contributed by atoms with E-state index in [4.69, 9.17) is 4.99 Å². The monoisotopic (exact) mass is 715 g/mol. The molecule has 52 heavy (non-hydrogen) atoms. The van der Waals surface area contributed by atoms with E-state index in [2.05, 4.69) is 62.9 Å². The first-order chi connectivity index (χ1) is 25.1. The van der Waals surface area contributed by atoms with Crippen LogP contribution in [0.4, 0.5) is 27.5 Å². The molecule has 5 aromatic rings. The summed E-state index contributed by atoms with van der Waals surface area (Å²) in [6, 6.07) is 22.6. The fraction of sp³-hybridized carbons (Fsp3) is 0.282. The summed E-state index contributed by atoms with van der Waals surface area (Å²) in [4.78, 5) is 46.1. The van der Waals surface area contributed by atoms with E-state index in [0.717, 1.165) is 56.8 Å². The molecule has 0 saturated carbocycles. The zero-order chi connectivity index (χ0) is 36.5. The van der Waals surface area contributed by atoms with Crippen molar-refractivity contribution in [1.82, 2.24) is 20.1 Å². The fourth-order valence-electron chi connectivity index (χ4n) is 6.89. The van der Waals surface area contributed by atoms with E-state index >= 15 is 0 Å². The Balaban J connectivity index is 0.923. The van der Waals surface area contributed by atoms with Crippen LogP contribution in [0.5, 0.6) is 0 Å². The number of nitrogens with one attached hydrogen (secondary N) is 4. The molecule has 4 heterocycles. The molecule has 0 radical (unpaired) electrons. The van der Waals surface area contributed by atoms with Crippen LogP contribution >= 0.6 is 11.3 Å². The number of aromatic nitrogens is 3. The molecule has 0 fully saturated rings. The highest BCUT2D eigenvalue weighted by Crippen LogP contribution is 2.39. The topological polar surface area (TPSA) is 146 Å². The van der Waals surface area contributed by atoms with E-state index in [1.54, 1.807) is 11.3 Å². The summed E-state index contributed by atoms with van der Waals surface area (Å²) < 4.78 is 2.09. The van der Waals surface area contributed by atoms with Gasteiger partial charge in [0.15, 0.2) is 5.82 Å². The van der Waals surface area contributed by atoms with Gasteiger partial charge in [-0.05, 0) is 87.7 Å². The molecule has 2 aliphatic rings. The Hall–Kier alpha value is -5.82. The van der Waals surface area contributed by atoms with Crippen molar-refractivity contribution in [3.05, 3.63) is 112 Å². The lowest BCUT2D eigenvalue weighted by molar-refractivity contribution is -0.119. The number of urea groups is 1. The summed E-state index contributed by atoms with van der Waals surface area (Å²) in [6.07, 6.45) is 1.23. The molecule has 0 aliphatic carbocycles. The normalized spacial score (nSPS) is 16.1. The lowest BCUT2D eigenvalue weighted by Crippen LogP contribution is -2.44. The minimum absolute atomic E-state index is 0.0346. The van der Waals surface area contributed by atoms with Crippen molar-refractivity contribution in [2.24, 2.45) is 4.99 Å². The number of thiophene rings is 1.